The molecule has 104 valence electrons. The molecule has 3 nitrogen and oxygen atoms in total. The number of benzene rings is 2. The topological polar surface area (TPSA) is 49.3 Å². The van der Waals surface area contributed by atoms with Crippen molar-refractivity contribution in [3.8, 4) is 0 Å². The SMILES string of the molecule is O=C(NCCc1cccc2ccccc12)C1(CO)CC1. The summed E-state index contributed by atoms with van der Waals surface area (Å²) in [7, 11) is 0. The molecule has 0 aromatic heterocycles. The van der Waals surface area contributed by atoms with Gasteiger partial charge < -0.3 is 10.4 Å². The van der Waals surface area contributed by atoms with Crippen LogP contribution in [0.15, 0.2) is 42.5 Å². The third kappa shape index (κ3) is 2.41. The van der Waals surface area contributed by atoms with Gasteiger partial charge in [0.15, 0.2) is 0 Å². The van der Waals surface area contributed by atoms with Crippen molar-refractivity contribution in [1.29, 1.82) is 0 Å². The second-order valence-corrected chi connectivity index (χ2v) is 5.58. The second kappa shape index (κ2) is 5.25. The number of hydrogen-bond acceptors (Lipinski definition) is 2. The van der Waals surface area contributed by atoms with Gasteiger partial charge in [-0.05, 0) is 35.6 Å². The van der Waals surface area contributed by atoms with Crippen LogP contribution in [0.1, 0.15) is 18.4 Å². The van der Waals surface area contributed by atoms with Crippen molar-refractivity contribution in [2.75, 3.05) is 13.2 Å². The Labute approximate surface area is 118 Å². The summed E-state index contributed by atoms with van der Waals surface area (Å²) < 4.78 is 0. The van der Waals surface area contributed by atoms with Gasteiger partial charge in [0.2, 0.25) is 5.91 Å². The van der Waals surface area contributed by atoms with Crippen LogP contribution < -0.4 is 5.32 Å². The molecule has 0 radical (unpaired) electrons. The number of carbonyl (C=O) groups excluding carboxylic acids is 1. The van der Waals surface area contributed by atoms with Gasteiger partial charge in [0, 0.05) is 6.54 Å². The van der Waals surface area contributed by atoms with Crippen molar-refractivity contribution in [3.05, 3.63) is 48.0 Å². The molecule has 1 amide bonds. The first kappa shape index (κ1) is 13.1. The van der Waals surface area contributed by atoms with Crippen LogP contribution in [0.25, 0.3) is 10.8 Å². The van der Waals surface area contributed by atoms with Gasteiger partial charge >= 0.3 is 0 Å². The van der Waals surface area contributed by atoms with E-state index in [1.54, 1.807) is 0 Å². The monoisotopic (exact) mass is 269 g/mol. The van der Waals surface area contributed by atoms with E-state index in [0.29, 0.717) is 6.54 Å². The maximum Gasteiger partial charge on any atom is 0.228 e. The van der Waals surface area contributed by atoms with Gasteiger partial charge in [-0.1, -0.05) is 42.5 Å². The third-order valence-corrected chi connectivity index (χ3v) is 4.20. The largest absolute Gasteiger partial charge is 0.395 e. The molecule has 2 aromatic rings. The van der Waals surface area contributed by atoms with Crippen molar-refractivity contribution in [2.45, 2.75) is 19.3 Å². The Morgan fingerprint density at radius 3 is 2.65 bits per heavy atom. The molecule has 3 rings (SSSR count). The van der Waals surface area contributed by atoms with Gasteiger partial charge in [0.25, 0.3) is 0 Å². The van der Waals surface area contributed by atoms with Crippen molar-refractivity contribution in [1.82, 2.24) is 5.32 Å². The fraction of sp³-hybridized carbons (Fsp3) is 0.353. The summed E-state index contributed by atoms with van der Waals surface area (Å²) >= 11 is 0. The molecule has 0 spiro atoms. The molecule has 0 atom stereocenters. The molecule has 0 heterocycles. The Bertz CT molecular complexity index is 626. The molecule has 2 N–H and O–H groups in total. The van der Waals surface area contributed by atoms with E-state index in [1.807, 2.05) is 12.1 Å². The molecule has 0 aliphatic heterocycles. The molecule has 1 fully saturated rings. The molecule has 1 aliphatic rings. The Morgan fingerprint density at radius 2 is 1.90 bits per heavy atom. The smallest absolute Gasteiger partial charge is 0.228 e. The summed E-state index contributed by atoms with van der Waals surface area (Å²) in [5.74, 6) is 0.000219. The second-order valence-electron chi connectivity index (χ2n) is 5.58. The van der Waals surface area contributed by atoms with E-state index < -0.39 is 5.41 Å². The molecule has 3 heteroatoms. The van der Waals surface area contributed by atoms with E-state index in [0.717, 1.165) is 19.3 Å². The summed E-state index contributed by atoms with van der Waals surface area (Å²) in [5.41, 5.74) is 0.774. The minimum atomic E-state index is -0.473. The number of aliphatic hydroxyl groups is 1. The molecule has 1 saturated carbocycles. The van der Waals surface area contributed by atoms with Crippen molar-refractivity contribution in [2.24, 2.45) is 5.41 Å². The predicted molar refractivity (Wildman–Crippen MR) is 79.4 cm³/mol. The number of carbonyl (C=O) groups is 1. The van der Waals surface area contributed by atoms with Gasteiger partial charge in [0.1, 0.15) is 0 Å². The lowest BCUT2D eigenvalue weighted by Gasteiger charge is -2.12. The maximum absolute atomic E-state index is 11.9. The average molecular weight is 269 g/mol. The van der Waals surface area contributed by atoms with E-state index in [4.69, 9.17) is 0 Å². The van der Waals surface area contributed by atoms with E-state index in [2.05, 4.69) is 35.6 Å². The summed E-state index contributed by atoms with van der Waals surface area (Å²) in [6.45, 7) is 0.585. The summed E-state index contributed by atoms with van der Waals surface area (Å²) in [4.78, 5) is 11.9. The highest BCUT2D eigenvalue weighted by molar-refractivity contribution is 5.86. The zero-order valence-electron chi connectivity index (χ0n) is 11.4. The zero-order valence-corrected chi connectivity index (χ0v) is 11.4. The molecule has 0 bridgehead atoms. The lowest BCUT2D eigenvalue weighted by Crippen LogP contribution is -2.35. The van der Waals surface area contributed by atoms with Crippen LogP contribution in [-0.2, 0) is 11.2 Å². The Balaban J connectivity index is 1.64. The Morgan fingerprint density at radius 1 is 1.15 bits per heavy atom. The van der Waals surface area contributed by atoms with Gasteiger partial charge in [0.05, 0.1) is 12.0 Å². The molecular weight excluding hydrogens is 250 g/mol. The third-order valence-electron chi connectivity index (χ3n) is 4.20. The quantitative estimate of drug-likeness (QED) is 0.875. The maximum atomic E-state index is 11.9. The highest BCUT2D eigenvalue weighted by atomic mass is 16.3. The van der Waals surface area contributed by atoms with Crippen LogP contribution in [-0.4, -0.2) is 24.2 Å². The van der Waals surface area contributed by atoms with Gasteiger partial charge in [-0.2, -0.15) is 0 Å². The van der Waals surface area contributed by atoms with Crippen molar-refractivity contribution < 1.29 is 9.90 Å². The summed E-state index contributed by atoms with van der Waals surface area (Å²) in [5, 5.41) is 14.6. The number of fused-ring (bicyclic) bond motifs is 1. The average Bonchev–Trinajstić information content (AvgIpc) is 3.28. The minimum Gasteiger partial charge on any atom is -0.395 e. The van der Waals surface area contributed by atoms with Crippen LogP contribution in [0, 0.1) is 5.41 Å². The number of hydrogen-bond donors (Lipinski definition) is 2. The zero-order chi connectivity index (χ0) is 14.0. The predicted octanol–water partition coefficient (Wildman–Crippen LogP) is 2.27. The lowest BCUT2D eigenvalue weighted by atomic mass is 10.0. The van der Waals surface area contributed by atoms with E-state index >= 15 is 0 Å². The van der Waals surface area contributed by atoms with Gasteiger partial charge in [-0.15, -0.1) is 0 Å². The Kier molecular flexibility index (Phi) is 3.45. The van der Waals surface area contributed by atoms with Crippen LogP contribution in [0.3, 0.4) is 0 Å². The molecular formula is C17H19NO2. The van der Waals surface area contributed by atoms with Crippen molar-refractivity contribution in [3.63, 3.8) is 0 Å². The summed E-state index contributed by atoms with van der Waals surface area (Å²) in [6.07, 6.45) is 2.43. The lowest BCUT2D eigenvalue weighted by molar-refractivity contribution is -0.127. The van der Waals surface area contributed by atoms with E-state index in [9.17, 15) is 9.90 Å². The van der Waals surface area contributed by atoms with Crippen LogP contribution in [0.4, 0.5) is 0 Å². The minimum absolute atomic E-state index is 0.000219. The number of amides is 1. The molecule has 0 unspecified atom stereocenters. The fourth-order valence-corrected chi connectivity index (χ4v) is 2.62. The standard InChI is InChI=1S/C17H19NO2/c19-12-17(9-10-17)16(20)18-11-8-14-6-3-5-13-4-1-2-7-15(13)14/h1-7,19H,8-12H2,(H,18,20). The van der Waals surface area contributed by atoms with E-state index in [1.165, 1.54) is 16.3 Å². The highest BCUT2D eigenvalue weighted by Crippen LogP contribution is 2.45. The molecule has 1 aliphatic carbocycles. The van der Waals surface area contributed by atoms with Gasteiger partial charge in [-0.25, -0.2) is 0 Å². The summed E-state index contributed by atoms with van der Waals surface area (Å²) in [6, 6.07) is 14.5. The molecule has 2 aromatic carbocycles. The van der Waals surface area contributed by atoms with Crippen molar-refractivity contribution >= 4 is 16.7 Å². The van der Waals surface area contributed by atoms with Crippen LogP contribution >= 0.6 is 0 Å². The number of nitrogens with one attached hydrogen (secondary N) is 1. The first-order valence-electron chi connectivity index (χ1n) is 7.11. The first-order chi connectivity index (χ1) is 9.75. The Hall–Kier alpha value is -1.87. The molecule has 0 saturated heterocycles. The van der Waals surface area contributed by atoms with Crippen LogP contribution in [0.5, 0.6) is 0 Å². The van der Waals surface area contributed by atoms with E-state index in [-0.39, 0.29) is 12.5 Å². The molecule has 20 heavy (non-hydrogen) atoms. The normalized spacial score (nSPS) is 16.1. The number of aliphatic hydroxyl groups excluding tert-OH is 1. The van der Waals surface area contributed by atoms with Crippen LogP contribution in [0.2, 0.25) is 0 Å². The number of rotatable bonds is 5. The highest BCUT2D eigenvalue weighted by Gasteiger charge is 2.49. The fourth-order valence-electron chi connectivity index (χ4n) is 2.62. The van der Waals surface area contributed by atoms with Gasteiger partial charge in [-0.3, -0.25) is 4.79 Å². The first-order valence-corrected chi connectivity index (χ1v) is 7.11.